The summed E-state index contributed by atoms with van der Waals surface area (Å²) >= 11 is 0. The van der Waals surface area contributed by atoms with Crippen molar-refractivity contribution in [2.75, 3.05) is 19.4 Å². The molecule has 0 aromatic carbocycles. The Kier molecular flexibility index (Phi) is 1.66. The maximum absolute atomic E-state index is 9.41. The van der Waals surface area contributed by atoms with Gasteiger partial charge in [-0.05, 0) is 0 Å². The van der Waals surface area contributed by atoms with Gasteiger partial charge >= 0.3 is 0 Å². The molecule has 2 aliphatic heterocycles. The molecule has 7 nitrogen and oxygen atoms in total. The van der Waals surface area contributed by atoms with Gasteiger partial charge in [0.05, 0.1) is 0 Å². The molecular weight excluding hydrogens is 188 g/mol. The number of anilines is 1. The minimum absolute atomic E-state index is 0.343. The Bertz CT molecular complexity index is 492. The van der Waals surface area contributed by atoms with Gasteiger partial charge in [-0.2, -0.15) is 0 Å². The second-order valence-corrected chi connectivity index (χ2v) is 2.71. The highest BCUT2D eigenvalue weighted by atomic mass is 16.6. The Hall–Kier alpha value is -2.05. The molecular formula is C7H10N4O3. The van der Waals surface area contributed by atoms with Crippen LogP contribution in [0.1, 0.15) is 0 Å². The lowest BCUT2D eigenvalue weighted by Crippen LogP contribution is -2.10. The van der Waals surface area contributed by atoms with Crippen LogP contribution in [0.5, 0.6) is 0 Å². The van der Waals surface area contributed by atoms with E-state index in [0.717, 1.165) is 0 Å². The fourth-order valence-electron chi connectivity index (χ4n) is 1.36. The summed E-state index contributed by atoms with van der Waals surface area (Å²) in [4.78, 5) is 4.97. The molecule has 0 saturated carbocycles. The summed E-state index contributed by atoms with van der Waals surface area (Å²) in [5, 5.41) is 21.4. The van der Waals surface area contributed by atoms with Gasteiger partial charge in [0.1, 0.15) is 11.9 Å². The van der Waals surface area contributed by atoms with E-state index in [1.165, 1.54) is 6.20 Å². The zero-order chi connectivity index (χ0) is 10.3. The van der Waals surface area contributed by atoms with Crippen molar-refractivity contribution in [2.24, 2.45) is 4.99 Å². The van der Waals surface area contributed by atoms with Gasteiger partial charge in [-0.25, -0.2) is 0 Å². The van der Waals surface area contributed by atoms with Crippen LogP contribution in [0.3, 0.4) is 0 Å². The molecule has 0 fully saturated rings. The Morgan fingerprint density at radius 2 is 2.21 bits per heavy atom. The van der Waals surface area contributed by atoms with Crippen LogP contribution in [-0.2, 0) is 0 Å². The van der Waals surface area contributed by atoms with Crippen molar-refractivity contribution >= 4 is 5.69 Å². The third kappa shape index (κ3) is 0.889. The summed E-state index contributed by atoms with van der Waals surface area (Å²) in [7, 11) is 3.25. The average molecular weight is 198 g/mol. The van der Waals surface area contributed by atoms with Crippen LogP contribution in [0.4, 0.5) is 5.69 Å². The molecule has 0 amide bonds. The Morgan fingerprint density at radius 1 is 1.50 bits per heavy atom. The summed E-state index contributed by atoms with van der Waals surface area (Å²) in [6, 6.07) is 0. The normalized spacial score (nSPS) is 12.6. The first-order valence-electron chi connectivity index (χ1n) is 3.95. The summed E-state index contributed by atoms with van der Waals surface area (Å²) in [6.07, 6.45) is 1.24. The van der Waals surface area contributed by atoms with E-state index in [2.05, 4.69) is 10.3 Å². The summed E-state index contributed by atoms with van der Waals surface area (Å²) < 4.78 is 5.25. The van der Waals surface area contributed by atoms with E-state index >= 15 is 0 Å². The van der Waals surface area contributed by atoms with Crippen LogP contribution in [0.15, 0.2) is 15.6 Å². The van der Waals surface area contributed by atoms with Crippen LogP contribution in [0.2, 0.25) is 0 Å². The lowest BCUT2D eigenvalue weighted by molar-refractivity contribution is -0.00654. The van der Waals surface area contributed by atoms with Crippen molar-refractivity contribution < 1.29 is 14.8 Å². The molecule has 0 spiro atoms. The molecule has 3 N–H and O–H groups in total. The molecule has 0 unspecified atom stereocenters. The van der Waals surface area contributed by atoms with E-state index in [9.17, 15) is 5.21 Å². The Morgan fingerprint density at radius 3 is 2.79 bits per heavy atom. The van der Waals surface area contributed by atoms with Gasteiger partial charge in [-0.15, -0.1) is 0 Å². The van der Waals surface area contributed by atoms with Crippen LogP contribution < -0.4 is 10.9 Å². The number of furan rings is 1. The molecule has 0 atom stereocenters. The average Bonchev–Trinajstić information content (AvgIpc) is 2.65. The predicted octanol–water partition coefficient (Wildman–Crippen LogP) is 0.0342. The minimum Gasteiger partial charge on any atom is -0.433 e. The molecule has 2 aliphatic rings. The van der Waals surface area contributed by atoms with Gasteiger partial charge in [0.2, 0.25) is 5.55 Å². The largest absolute Gasteiger partial charge is 0.433 e. The van der Waals surface area contributed by atoms with E-state index in [1.54, 1.807) is 14.1 Å². The van der Waals surface area contributed by atoms with E-state index in [4.69, 9.17) is 9.62 Å². The molecule has 76 valence electrons. The van der Waals surface area contributed by atoms with Gasteiger partial charge in [-0.1, -0.05) is 9.69 Å². The van der Waals surface area contributed by atoms with E-state index < -0.39 is 0 Å². The first-order chi connectivity index (χ1) is 6.69. The maximum Gasteiger partial charge on any atom is 0.240 e. The van der Waals surface area contributed by atoms with Crippen LogP contribution in [0.25, 0.3) is 11.5 Å². The van der Waals surface area contributed by atoms with E-state index in [1.807, 2.05) is 0 Å². The third-order valence-corrected chi connectivity index (χ3v) is 1.97. The SMILES string of the molecule is CN=c1oc2cn(O)n(O)c-2c1NC. The van der Waals surface area contributed by atoms with Crippen molar-refractivity contribution in [2.45, 2.75) is 0 Å². The highest BCUT2D eigenvalue weighted by Gasteiger charge is 2.23. The molecule has 0 radical (unpaired) electrons. The van der Waals surface area contributed by atoms with Gasteiger partial charge in [0.25, 0.3) is 0 Å². The van der Waals surface area contributed by atoms with Crippen LogP contribution in [0, 0.1) is 0 Å². The molecule has 0 aliphatic carbocycles. The predicted molar refractivity (Wildman–Crippen MR) is 46.7 cm³/mol. The number of nitrogens with one attached hydrogen (secondary N) is 1. The zero-order valence-corrected chi connectivity index (χ0v) is 7.72. The quantitative estimate of drug-likeness (QED) is 0.564. The summed E-state index contributed by atoms with van der Waals surface area (Å²) in [5.41, 5.74) is 1.24. The zero-order valence-electron chi connectivity index (χ0n) is 7.72. The van der Waals surface area contributed by atoms with E-state index in [0.29, 0.717) is 32.4 Å². The van der Waals surface area contributed by atoms with Crippen LogP contribution in [-0.4, -0.2) is 34.2 Å². The fraction of sp³-hybridized carbons (Fsp3) is 0.286. The highest BCUT2D eigenvalue weighted by molar-refractivity contribution is 5.71. The Labute approximate surface area is 78.8 Å². The topological polar surface area (TPSA) is 87.8 Å². The van der Waals surface area contributed by atoms with Crippen molar-refractivity contribution in [3.8, 4) is 11.5 Å². The number of rotatable bonds is 1. The minimum atomic E-state index is 0.343. The number of hydrogen-bond donors (Lipinski definition) is 3. The first kappa shape index (κ1) is 8.54. The molecule has 14 heavy (non-hydrogen) atoms. The first-order valence-corrected chi connectivity index (χ1v) is 3.95. The standard InChI is InChI=1S/C7H10N4O3/c1-8-5-6-4(14-7(5)9-2)3-10(12)11(6)13/h3,8,12-13H,1-2H3. The molecule has 0 bridgehead atoms. The van der Waals surface area contributed by atoms with Gasteiger partial charge in [0.15, 0.2) is 11.5 Å². The summed E-state index contributed by atoms with van der Waals surface area (Å²) in [6.45, 7) is 0. The maximum atomic E-state index is 9.41. The van der Waals surface area contributed by atoms with Gasteiger partial charge in [0, 0.05) is 14.1 Å². The van der Waals surface area contributed by atoms with Crippen LogP contribution >= 0.6 is 0 Å². The molecule has 0 aromatic heterocycles. The second-order valence-electron chi connectivity index (χ2n) is 2.71. The van der Waals surface area contributed by atoms with Gasteiger partial charge in [-0.3, -0.25) is 4.99 Å². The fourth-order valence-corrected chi connectivity index (χ4v) is 1.36. The lowest BCUT2D eigenvalue weighted by Gasteiger charge is -1.99. The highest BCUT2D eigenvalue weighted by Crippen LogP contribution is 2.27. The number of hydrogen-bond acceptors (Lipinski definition) is 5. The summed E-state index contributed by atoms with van der Waals surface area (Å²) in [5.74, 6) is 0.347. The lowest BCUT2D eigenvalue weighted by atomic mass is 10.3. The molecule has 0 aromatic rings. The Balaban J connectivity index is 2.85. The number of aromatic nitrogens is 2. The third-order valence-electron chi connectivity index (χ3n) is 1.97. The van der Waals surface area contributed by atoms with E-state index in [-0.39, 0.29) is 0 Å². The van der Waals surface area contributed by atoms with Crippen molar-refractivity contribution in [1.29, 1.82) is 0 Å². The van der Waals surface area contributed by atoms with Crippen molar-refractivity contribution in [1.82, 2.24) is 9.69 Å². The smallest absolute Gasteiger partial charge is 0.240 e. The molecule has 2 heterocycles. The molecule has 2 rings (SSSR count). The number of nitrogens with zero attached hydrogens (tertiary/aromatic N) is 3. The molecule has 0 saturated heterocycles. The number of fused-ring (bicyclic) bond motifs is 1. The molecule has 7 heteroatoms. The monoisotopic (exact) mass is 198 g/mol. The van der Waals surface area contributed by atoms with Crippen molar-refractivity contribution in [3.05, 3.63) is 11.8 Å². The second kappa shape index (κ2) is 2.72. The van der Waals surface area contributed by atoms with Gasteiger partial charge < -0.3 is 20.1 Å². The van der Waals surface area contributed by atoms with Crippen molar-refractivity contribution in [3.63, 3.8) is 0 Å².